The van der Waals surface area contributed by atoms with E-state index in [1.54, 1.807) is 18.7 Å². The molecule has 0 radical (unpaired) electrons. The van der Waals surface area contributed by atoms with E-state index < -0.39 is 16.1 Å². The molecule has 1 unspecified atom stereocenters. The first kappa shape index (κ1) is 22.2. The number of hydrogen-bond acceptors (Lipinski definition) is 5. The summed E-state index contributed by atoms with van der Waals surface area (Å²) in [6.07, 6.45) is 3.38. The van der Waals surface area contributed by atoms with E-state index in [0.717, 1.165) is 31.8 Å². The number of amides is 1. The zero-order valence-corrected chi connectivity index (χ0v) is 17.9. The van der Waals surface area contributed by atoms with Crippen LogP contribution < -0.4 is 4.72 Å². The van der Waals surface area contributed by atoms with E-state index in [9.17, 15) is 13.2 Å². The molecule has 0 spiro atoms. The lowest BCUT2D eigenvalue weighted by molar-refractivity contribution is -0.132. The fourth-order valence-electron chi connectivity index (χ4n) is 3.18. The minimum absolute atomic E-state index is 0.0130. The molecule has 1 aromatic rings. The molecule has 1 atom stereocenters. The normalized spacial score (nSPS) is 17.5. The minimum atomic E-state index is -3.41. The molecule has 0 aliphatic carbocycles. The summed E-state index contributed by atoms with van der Waals surface area (Å²) < 4.78 is 26.6. The first-order chi connectivity index (χ1) is 12.9. The number of sulfonamides is 1. The zero-order valence-electron chi connectivity index (χ0n) is 16.3. The van der Waals surface area contributed by atoms with Crippen LogP contribution in [0.3, 0.4) is 0 Å². The zero-order chi connectivity index (χ0) is 19.7. The summed E-state index contributed by atoms with van der Waals surface area (Å²) in [5.74, 6) is 0.639. The maximum Gasteiger partial charge on any atom is 0.240 e. The predicted octanol–water partition coefficient (Wildman–Crippen LogP) is 1.78. The molecule has 0 saturated carbocycles. The summed E-state index contributed by atoms with van der Waals surface area (Å²) in [7, 11) is -3.41. The first-order valence-electron chi connectivity index (χ1n) is 9.49. The quantitative estimate of drug-likeness (QED) is 0.668. The molecule has 1 aliphatic heterocycles. The highest BCUT2D eigenvalue weighted by Crippen LogP contribution is 2.12. The molecule has 1 fully saturated rings. The van der Waals surface area contributed by atoms with Crippen molar-refractivity contribution < 1.29 is 13.2 Å². The van der Waals surface area contributed by atoms with Gasteiger partial charge in [-0.25, -0.2) is 13.1 Å². The molecule has 2 rings (SSSR count). The van der Waals surface area contributed by atoms with E-state index in [2.05, 4.69) is 21.8 Å². The van der Waals surface area contributed by atoms with Crippen LogP contribution in [-0.4, -0.2) is 74.1 Å². The van der Waals surface area contributed by atoms with Gasteiger partial charge >= 0.3 is 0 Å². The van der Waals surface area contributed by atoms with Gasteiger partial charge in [-0.3, -0.25) is 9.69 Å². The van der Waals surface area contributed by atoms with Gasteiger partial charge in [0.2, 0.25) is 15.9 Å². The monoisotopic (exact) mass is 413 g/mol. The van der Waals surface area contributed by atoms with Gasteiger partial charge in [-0.1, -0.05) is 30.3 Å². The van der Waals surface area contributed by atoms with Gasteiger partial charge < -0.3 is 4.90 Å². The molecule has 0 bridgehead atoms. The van der Waals surface area contributed by atoms with Gasteiger partial charge in [0.05, 0.1) is 5.75 Å². The molecule has 0 aromatic heterocycles. The van der Waals surface area contributed by atoms with Crippen LogP contribution in [0.25, 0.3) is 0 Å². The number of nitrogens with zero attached hydrogens (tertiary/aromatic N) is 2. The average molecular weight is 414 g/mol. The Bertz CT molecular complexity index is 683. The summed E-state index contributed by atoms with van der Waals surface area (Å²) in [6.45, 7) is 5.52. The fourth-order valence-corrected chi connectivity index (χ4v) is 4.47. The van der Waals surface area contributed by atoms with Crippen molar-refractivity contribution in [3.63, 3.8) is 0 Å². The molecule has 152 valence electrons. The van der Waals surface area contributed by atoms with Gasteiger partial charge in [0.25, 0.3) is 0 Å². The van der Waals surface area contributed by atoms with E-state index in [-0.39, 0.29) is 11.7 Å². The number of hydrogen-bond donors (Lipinski definition) is 1. The van der Waals surface area contributed by atoms with E-state index >= 15 is 0 Å². The van der Waals surface area contributed by atoms with E-state index in [4.69, 9.17) is 0 Å². The van der Waals surface area contributed by atoms with E-state index in [0.29, 0.717) is 19.5 Å². The van der Waals surface area contributed by atoms with Gasteiger partial charge in [0.1, 0.15) is 6.04 Å². The summed E-state index contributed by atoms with van der Waals surface area (Å²) in [4.78, 5) is 17.2. The van der Waals surface area contributed by atoms with Crippen molar-refractivity contribution in [2.75, 3.05) is 43.9 Å². The van der Waals surface area contributed by atoms with Gasteiger partial charge in [-0.15, -0.1) is 0 Å². The summed E-state index contributed by atoms with van der Waals surface area (Å²) >= 11 is 1.62. The largest absolute Gasteiger partial charge is 0.340 e. The molecule has 1 saturated heterocycles. The van der Waals surface area contributed by atoms with Crippen molar-refractivity contribution in [2.24, 2.45) is 0 Å². The maximum absolute atomic E-state index is 13.0. The third kappa shape index (κ3) is 7.44. The third-order valence-corrected chi connectivity index (χ3v) is 6.81. The smallest absolute Gasteiger partial charge is 0.240 e. The van der Waals surface area contributed by atoms with Crippen molar-refractivity contribution in [3.05, 3.63) is 35.9 Å². The standard InChI is InChI=1S/C19H31N3O3S2/c1-3-27(24,25)20-18(10-15-26-2)19(23)22-12-7-11-21(13-14-22)16-17-8-5-4-6-9-17/h4-6,8-9,18,20H,3,7,10-16H2,1-2H3. The molecule has 1 aliphatic rings. The Morgan fingerprint density at radius 1 is 1.19 bits per heavy atom. The third-order valence-electron chi connectivity index (χ3n) is 4.76. The van der Waals surface area contributed by atoms with Crippen LogP contribution >= 0.6 is 11.8 Å². The molecule has 27 heavy (non-hydrogen) atoms. The van der Waals surface area contributed by atoms with Crippen molar-refractivity contribution in [1.82, 2.24) is 14.5 Å². The minimum Gasteiger partial charge on any atom is -0.340 e. The Morgan fingerprint density at radius 2 is 1.93 bits per heavy atom. The van der Waals surface area contributed by atoms with Crippen molar-refractivity contribution >= 4 is 27.7 Å². The maximum atomic E-state index is 13.0. The second kappa shape index (κ2) is 11.0. The van der Waals surface area contributed by atoms with Crippen LogP contribution in [0.15, 0.2) is 30.3 Å². The second-order valence-electron chi connectivity index (χ2n) is 6.80. The molecule has 1 amide bonds. The van der Waals surface area contributed by atoms with Crippen molar-refractivity contribution in [3.8, 4) is 0 Å². The van der Waals surface area contributed by atoms with Crippen LogP contribution in [0.5, 0.6) is 0 Å². The van der Waals surface area contributed by atoms with E-state index in [1.807, 2.05) is 29.4 Å². The summed E-state index contributed by atoms with van der Waals surface area (Å²) in [5.41, 5.74) is 1.27. The molecular weight excluding hydrogens is 382 g/mol. The molecule has 6 nitrogen and oxygen atoms in total. The predicted molar refractivity (Wildman–Crippen MR) is 112 cm³/mol. The Morgan fingerprint density at radius 3 is 2.59 bits per heavy atom. The van der Waals surface area contributed by atoms with Gasteiger partial charge in [-0.05, 0) is 37.3 Å². The number of thioether (sulfide) groups is 1. The lowest BCUT2D eigenvalue weighted by atomic mass is 10.2. The second-order valence-corrected chi connectivity index (χ2v) is 9.82. The Balaban J connectivity index is 1.97. The van der Waals surface area contributed by atoms with Gasteiger partial charge in [-0.2, -0.15) is 11.8 Å². The molecule has 1 heterocycles. The number of nitrogens with one attached hydrogen (secondary N) is 1. The highest BCUT2D eigenvalue weighted by atomic mass is 32.2. The van der Waals surface area contributed by atoms with Crippen LogP contribution in [-0.2, 0) is 21.4 Å². The van der Waals surface area contributed by atoms with Gasteiger partial charge in [0.15, 0.2) is 0 Å². The van der Waals surface area contributed by atoms with Crippen LogP contribution in [0, 0.1) is 0 Å². The Hall–Kier alpha value is -1.09. The lowest BCUT2D eigenvalue weighted by Crippen LogP contribution is -2.50. The summed E-state index contributed by atoms with van der Waals surface area (Å²) in [6, 6.07) is 9.66. The Labute approximate surface area is 167 Å². The molecule has 1 aromatic carbocycles. The van der Waals surface area contributed by atoms with Crippen LogP contribution in [0.4, 0.5) is 0 Å². The topological polar surface area (TPSA) is 69.7 Å². The summed E-state index contributed by atoms with van der Waals surface area (Å²) in [5, 5.41) is 0. The van der Waals surface area contributed by atoms with Crippen molar-refractivity contribution in [2.45, 2.75) is 32.4 Å². The van der Waals surface area contributed by atoms with Crippen LogP contribution in [0.2, 0.25) is 0 Å². The average Bonchev–Trinajstić information content (AvgIpc) is 2.91. The highest BCUT2D eigenvalue weighted by molar-refractivity contribution is 7.98. The highest BCUT2D eigenvalue weighted by Gasteiger charge is 2.28. The van der Waals surface area contributed by atoms with Crippen molar-refractivity contribution in [1.29, 1.82) is 0 Å². The van der Waals surface area contributed by atoms with Crippen LogP contribution in [0.1, 0.15) is 25.3 Å². The van der Waals surface area contributed by atoms with E-state index in [1.165, 1.54) is 5.56 Å². The Kier molecular flexibility index (Phi) is 9.08. The molecule has 8 heteroatoms. The SMILES string of the molecule is CCS(=O)(=O)NC(CCSC)C(=O)N1CCCN(Cc2ccccc2)CC1. The molecule has 1 N–H and O–H groups in total. The number of benzene rings is 1. The number of carbonyl (C=O) groups is 1. The first-order valence-corrected chi connectivity index (χ1v) is 12.5. The number of carbonyl (C=O) groups excluding carboxylic acids is 1. The fraction of sp³-hybridized carbons (Fsp3) is 0.632. The number of rotatable bonds is 9. The van der Waals surface area contributed by atoms with Gasteiger partial charge in [0, 0.05) is 32.7 Å². The molecular formula is C19H31N3O3S2. The lowest BCUT2D eigenvalue weighted by Gasteiger charge is -2.27.